The topological polar surface area (TPSA) is 63.2 Å². The number of carbonyl (C=O) groups excluding carboxylic acids is 1. The van der Waals surface area contributed by atoms with Gasteiger partial charge in [0, 0.05) is 11.6 Å². The maximum Gasteiger partial charge on any atom is 0.355 e. The molecule has 120 valence electrons. The van der Waals surface area contributed by atoms with Gasteiger partial charge in [0.15, 0.2) is 0 Å². The average molecular weight is 319 g/mol. The Hall–Kier alpha value is -3.06. The summed E-state index contributed by atoms with van der Waals surface area (Å²) in [6.07, 6.45) is 6.47. The van der Waals surface area contributed by atoms with E-state index in [2.05, 4.69) is 6.92 Å². The summed E-state index contributed by atoms with van der Waals surface area (Å²) in [6.45, 7) is 2.16. The van der Waals surface area contributed by atoms with E-state index in [0.717, 1.165) is 24.8 Å². The number of nitriles is 1. The van der Waals surface area contributed by atoms with Gasteiger partial charge in [0.2, 0.25) is 0 Å². The number of hydrogen-bond acceptors (Lipinski definition) is 4. The Bertz CT molecular complexity index is 834. The lowest BCUT2D eigenvalue weighted by molar-refractivity contribution is -0.132. The van der Waals surface area contributed by atoms with E-state index in [0.29, 0.717) is 17.1 Å². The smallest absolute Gasteiger partial charge is 0.355 e. The third-order valence-electron chi connectivity index (χ3n) is 3.89. The van der Waals surface area contributed by atoms with Crippen LogP contribution >= 0.6 is 0 Å². The molecular formula is C20H17NO3. The first-order chi connectivity index (χ1) is 11.7. The molecule has 0 unspecified atom stereocenters. The van der Waals surface area contributed by atoms with Crippen molar-refractivity contribution in [2.24, 2.45) is 0 Å². The zero-order valence-electron chi connectivity index (χ0n) is 13.4. The first-order valence-electron chi connectivity index (χ1n) is 7.94. The molecule has 0 atom stereocenters. The minimum Gasteiger partial charge on any atom is -0.465 e. The molecule has 0 spiro atoms. The fourth-order valence-corrected chi connectivity index (χ4v) is 2.64. The van der Waals surface area contributed by atoms with Crippen LogP contribution in [0.3, 0.4) is 0 Å². The van der Waals surface area contributed by atoms with Crippen molar-refractivity contribution in [2.75, 3.05) is 0 Å². The zero-order valence-corrected chi connectivity index (χ0v) is 13.4. The molecule has 0 aliphatic carbocycles. The lowest BCUT2D eigenvalue weighted by Crippen LogP contribution is -1.96. The molecule has 1 aromatic heterocycles. The first kappa shape index (κ1) is 15.8. The van der Waals surface area contributed by atoms with Gasteiger partial charge in [0.1, 0.15) is 23.2 Å². The second-order valence-electron chi connectivity index (χ2n) is 5.58. The van der Waals surface area contributed by atoms with Crippen LogP contribution in [-0.2, 0) is 16.0 Å². The number of benzene rings is 1. The van der Waals surface area contributed by atoms with Gasteiger partial charge in [-0.1, -0.05) is 37.6 Å². The number of aryl methyl sites for hydroxylation is 1. The van der Waals surface area contributed by atoms with Crippen molar-refractivity contribution in [3.8, 4) is 6.07 Å². The molecule has 0 fully saturated rings. The summed E-state index contributed by atoms with van der Waals surface area (Å²) in [7, 11) is 0. The monoisotopic (exact) mass is 319 g/mol. The molecule has 0 radical (unpaired) electrons. The maximum absolute atomic E-state index is 12.0. The van der Waals surface area contributed by atoms with Gasteiger partial charge >= 0.3 is 5.97 Å². The number of allylic oxidation sites excluding steroid dienone is 1. The van der Waals surface area contributed by atoms with Gasteiger partial charge in [-0.15, -0.1) is 0 Å². The lowest BCUT2D eigenvalue weighted by atomic mass is 9.97. The van der Waals surface area contributed by atoms with Crippen LogP contribution in [-0.4, -0.2) is 5.97 Å². The fraction of sp³-hybridized carbons (Fsp3) is 0.200. The van der Waals surface area contributed by atoms with Crippen molar-refractivity contribution < 1.29 is 13.9 Å². The van der Waals surface area contributed by atoms with E-state index >= 15 is 0 Å². The largest absolute Gasteiger partial charge is 0.465 e. The van der Waals surface area contributed by atoms with E-state index in [1.54, 1.807) is 24.5 Å². The summed E-state index contributed by atoms with van der Waals surface area (Å²) < 4.78 is 10.5. The highest BCUT2D eigenvalue weighted by atomic mass is 16.5. The van der Waals surface area contributed by atoms with Crippen LogP contribution in [0.4, 0.5) is 0 Å². The Morgan fingerprint density at radius 1 is 1.21 bits per heavy atom. The van der Waals surface area contributed by atoms with E-state index in [-0.39, 0.29) is 5.57 Å². The molecule has 2 aromatic rings. The van der Waals surface area contributed by atoms with Crippen LogP contribution < -0.4 is 0 Å². The van der Waals surface area contributed by atoms with Crippen molar-refractivity contribution in [1.82, 2.24) is 0 Å². The number of nitrogens with zero attached hydrogens (tertiary/aromatic N) is 1. The Morgan fingerprint density at radius 2 is 2.00 bits per heavy atom. The molecular weight excluding hydrogens is 302 g/mol. The van der Waals surface area contributed by atoms with Gasteiger partial charge in [0.05, 0.1) is 6.26 Å². The van der Waals surface area contributed by atoms with E-state index in [4.69, 9.17) is 9.15 Å². The molecule has 1 aliphatic rings. The van der Waals surface area contributed by atoms with Crippen molar-refractivity contribution in [3.63, 3.8) is 0 Å². The molecule has 4 nitrogen and oxygen atoms in total. The van der Waals surface area contributed by atoms with E-state index in [9.17, 15) is 10.1 Å². The van der Waals surface area contributed by atoms with E-state index in [1.807, 2.05) is 30.3 Å². The van der Waals surface area contributed by atoms with Crippen molar-refractivity contribution in [2.45, 2.75) is 26.2 Å². The van der Waals surface area contributed by atoms with Crippen molar-refractivity contribution in [3.05, 3.63) is 70.9 Å². The maximum atomic E-state index is 12.0. The van der Waals surface area contributed by atoms with Crippen LogP contribution in [0.2, 0.25) is 0 Å². The van der Waals surface area contributed by atoms with Gasteiger partial charge in [-0.2, -0.15) is 5.26 Å². The van der Waals surface area contributed by atoms with Crippen LogP contribution in [0.15, 0.2) is 58.4 Å². The molecule has 4 heteroatoms. The van der Waals surface area contributed by atoms with Crippen molar-refractivity contribution in [1.29, 1.82) is 5.26 Å². The van der Waals surface area contributed by atoms with Gasteiger partial charge in [-0.05, 0) is 36.1 Å². The Labute approximate surface area is 140 Å². The fourth-order valence-electron chi connectivity index (χ4n) is 2.64. The minimum absolute atomic E-state index is 0.0223. The Kier molecular flexibility index (Phi) is 4.62. The highest BCUT2D eigenvalue weighted by molar-refractivity contribution is 6.11. The third kappa shape index (κ3) is 3.16. The van der Waals surface area contributed by atoms with Crippen LogP contribution in [0, 0.1) is 11.3 Å². The molecule has 3 rings (SSSR count). The predicted octanol–water partition coefficient (Wildman–Crippen LogP) is 4.50. The van der Waals surface area contributed by atoms with Crippen LogP contribution in [0.1, 0.15) is 36.7 Å². The quantitative estimate of drug-likeness (QED) is 0.761. The Balaban J connectivity index is 1.99. The number of rotatable bonds is 5. The van der Waals surface area contributed by atoms with Gasteiger partial charge < -0.3 is 9.15 Å². The minimum atomic E-state index is -0.625. The summed E-state index contributed by atoms with van der Waals surface area (Å²) in [5.74, 6) is 0.280. The average Bonchev–Trinajstić information content (AvgIpc) is 3.21. The van der Waals surface area contributed by atoms with Gasteiger partial charge in [-0.3, -0.25) is 0 Å². The number of esters is 1. The van der Waals surface area contributed by atoms with Gasteiger partial charge in [-0.25, -0.2) is 4.79 Å². The zero-order chi connectivity index (χ0) is 16.9. The highest BCUT2D eigenvalue weighted by Crippen LogP contribution is 2.35. The molecule has 0 bridgehead atoms. The molecule has 0 amide bonds. The first-order valence-corrected chi connectivity index (χ1v) is 7.94. The molecule has 1 aliphatic heterocycles. The number of ether oxygens (including phenoxy) is 1. The van der Waals surface area contributed by atoms with Crippen LogP contribution in [0.25, 0.3) is 11.6 Å². The second kappa shape index (κ2) is 7.01. The van der Waals surface area contributed by atoms with Crippen molar-refractivity contribution >= 4 is 17.6 Å². The third-order valence-corrected chi connectivity index (χ3v) is 3.89. The normalized spacial score (nSPS) is 15.7. The molecule has 1 aromatic carbocycles. The molecule has 0 N–H and O–H groups in total. The number of unbranched alkanes of at least 4 members (excludes halogenated alkanes) is 1. The van der Waals surface area contributed by atoms with E-state index in [1.165, 1.54) is 5.56 Å². The SMILES string of the molecule is CCCCc1ccc(C2=C(C#N)C(=O)OC2=Cc2ccco2)cc1. The summed E-state index contributed by atoms with van der Waals surface area (Å²) in [6, 6.07) is 13.4. The summed E-state index contributed by atoms with van der Waals surface area (Å²) in [5.41, 5.74) is 2.56. The lowest BCUT2D eigenvalue weighted by Gasteiger charge is -2.06. The molecule has 2 heterocycles. The summed E-state index contributed by atoms with van der Waals surface area (Å²) in [5, 5.41) is 9.32. The molecule has 24 heavy (non-hydrogen) atoms. The number of furan rings is 1. The standard InChI is InChI=1S/C20H17NO3/c1-2-3-5-14-7-9-15(10-8-14)19-17(13-21)20(22)24-18(19)12-16-6-4-11-23-16/h4,6-12H,2-3,5H2,1H3. The number of cyclic esters (lactones) is 1. The van der Waals surface area contributed by atoms with E-state index < -0.39 is 5.97 Å². The number of carbonyl (C=O) groups is 1. The summed E-state index contributed by atoms with van der Waals surface area (Å²) in [4.78, 5) is 12.0. The highest BCUT2D eigenvalue weighted by Gasteiger charge is 2.31. The number of hydrogen-bond donors (Lipinski definition) is 0. The van der Waals surface area contributed by atoms with Crippen LogP contribution in [0.5, 0.6) is 0 Å². The summed E-state index contributed by atoms with van der Waals surface area (Å²) >= 11 is 0. The molecule has 0 saturated carbocycles. The predicted molar refractivity (Wildman–Crippen MR) is 90.4 cm³/mol. The molecule has 0 saturated heterocycles. The second-order valence-corrected chi connectivity index (χ2v) is 5.58. The Morgan fingerprint density at radius 3 is 2.62 bits per heavy atom. The van der Waals surface area contributed by atoms with Gasteiger partial charge in [0.25, 0.3) is 0 Å².